The molecule has 21 heavy (non-hydrogen) atoms. The van der Waals surface area contributed by atoms with Gasteiger partial charge in [-0.1, -0.05) is 19.3 Å². The Morgan fingerprint density at radius 1 is 1.14 bits per heavy atom. The summed E-state index contributed by atoms with van der Waals surface area (Å²) in [6.07, 6.45) is 12.6. The van der Waals surface area contributed by atoms with Gasteiger partial charge >= 0.3 is 0 Å². The summed E-state index contributed by atoms with van der Waals surface area (Å²) in [5.74, 6) is 1.17. The van der Waals surface area contributed by atoms with Gasteiger partial charge in [-0.3, -0.25) is 4.79 Å². The normalized spacial score (nSPS) is 28.4. The van der Waals surface area contributed by atoms with Crippen LogP contribution in [-0.4, -0.2) is 37.0 Å². The van der Waals surface area contributed by atoms with E-state index in [0.717, 1.165) is 44.9 Å². The third kappa shape index (κ3) is 4.35. The number of carbonyl (C=O) groups is 1. The summed E-state index contributed by atoms with van der Waals surface area (Å²) in [5, 5.41) is 3.40. The van der Waals surface area contributed by atoms with Gasteiger partial charge < -0.3 is 10.2 Å². The lowest BCUT2D eigenvalue weighted by Gasteiger charge is -2.45. The van der Waals surface area contributed by atoms with Crippen LogP contribution in [0.5, 0.6) is 0 Å². The van der Waals surface area contributed by atoms with Crippen LogP contribution in [0.2, 0.25) is 0 Å². The molecular weight excluding hydrogens is 284 g/mol. The summed E-state index contributed by atoms with van der Waals surface area (Å²) in [6.45, 7) is 4.35. The van der Waals surface area contributed by atoms with Crippen LogP contribution in [0.15, 0.2) is 0 Å². The maximum atomic E-state index is 12.5. The molecule has 0 aromatic heterocycles. The first kappa shape index (κ1) is 17.1. The molecule has 4 heteroatoms. The molecule has 2 heterocycles. The van der Waals surface area contributed by atoms with E-state index in [1.807, 2.05) is 0 Å². The number of nitrogens with one attached hydrogen (secondary N) is 1. The van der Waals surface area contributed by atoms with Crippen LogP contribution >= 0.6 is 12.4 Å². The Hall–Kier alpha value is -0.280. The highest BCUT2D eigenvalue weighted by molar-refractivity contribution is 5.85. The van der Waals surface area contributed by atoms with E-state index in [1.165, 1.54) is 51.4 Å². The smallest absolute Gasteiger partial charge is 0.222 e. The van der Waals surface area contributed by atoms with E-state index >= 15 is 0 Å². The molecule has 1 N–H and O–H groups in total. The number of hydrogen-bond donors (Lipinski definition) is 1. The monoisotopic (exact) mass is 314 g/mol. The maximum absolute atomic E-state index is 12.5. The SMILES string of the molecule is Cl.O=C(CCC1CCNC1)N1CCCC2(CCCCC2)C1. The number of halogens is 1. The van der Waals surface area contributed by atoms with Crippen molar-refractivity contribution in [2.24, 2.45) is 11.3 Å². The van der Waals surface area contributed by atoms with E-state index in [4.69, 9.17) is 0 Å². The standard InChI is InChI=1S/C17H30N2O.ClH/c20-16(6-5-15-7-11-18-13-15)19-12-4-10-17(14-19)8-2-1-3-9-17;/h15,18H,1-14H2;1H. The lowest BCUT2D eigenvalue weighted by Crippen LogP contribution is -2.47. The first-order chi connectivity index (χ1) is 9.77. The van der Waals surface area contributed by atoms with Crippen molar-refractivity contribution in [2.75, 3.05) is 26.2 Å². The average molecular weight is 315 g/mol. The summed E-state index contributed by atoms with van der Waals surface area (Å²) in [5.41, 5.74) is 0.501. The van der Waals surface area contributed by atoms with Crippen LogP contribution in [-0.2, 0) is 4.79 Å². The Balaban J connectivity index is 0.00000161. The number of carbonyl (C=O) groups excluding carboxylic acids is 1. The summed E-state index contributed by atoms with van der Waals surface area (Å²) in [6, 6.07) is 0. The molecule has 1 atom stereocenters. The molecule has 3 rings (SSSR count). The molecule has 1 unspecified atom stereocenters. The van der Waals surface area contributed by atoms with Gasteiger partial charge in [-0.25, -0.2) is 0 Å². The van der Waals surface area contributed by atoms with Crippen LogP contribution in [0.4, 0.5) is 0 Å². The van der Waals surface area contributed by atoms with Gasteiger partial charge in [-0.05, 0) is 62.9 Å². The summed E-state index contributed by atoms with van der Waals surface area (Å²) in [4.78, 5) is 14.7. The molecule has 0 aromatic carbocycles. The Morgan fingerprint density at radius 2 is 1.90 bits per heavy atom. The van der Waals surface area contributed by atoms with Gasteiger partial charge in [0.2, 0.25) is 5.91 Å². The van der Waals surface area contributed by atoms with E-state index < -0.39 is 0 Å². The second-order valence-corrected chi connectivity index (χ2v) is 7.38. The molecule has 3 nitrogen and oxygen atoms in total. The van der Waals surface area contributed by atoms with Crippen molar-refractivity contribution in [1.29, 1.82) is 0 Å². The predicted molar refractivity (Wildman–Crippen MR) is 88.8 cm³/mol. The number of rotatable bonds is 3. The zero-order valence-corrected chi connectivity index (χ0v) is 14.1. The highest BCUT2D eigenvalue weighted by Crippen LogP contribution is 2.43. The number of hydrogen-bond acceptors (Lipinski definition) is 2. The van der Waals surface area contributed by atoms with Crippen LogP contribution in [0.3, 0.4) is 0 Å². The molecule has 3 fully saturated rings. The Kier molecular flexibility index (Phi) is 6.36. The maximum Gasteiger partial charge on any atom is 0.222 e. The highest BCUT2D eigenvalue weighted by atomic mass is 35.5. The number of amides is 1. The first-order valence-corrected chi connectivity index (χ1v) is 8.76. The fraction of sp³-hybridized carbons (Fsp3) is 0.941. The van der Waals surface area contributed by atoms with E-state index in [1.54, 1.807) is 0 Å². The van der Waals surface area contributed by atoms with Gasteiger partial charge in [0.15, 0.2) is 0 Å². The zero-order valence-electron chi connectivity index (χ0n) is 13.2. The minimum absolute atomic E-state index is 0. The largest absolute Gasteiger partial charge is 0.342 e. The van der Waals surface area contributed by atoms with Crippen molar-refractivity contribution in [3.8, 4) is 0 Å². The van der Waals surface area contributed by atoms with Crippen LogP contribution in [0.1, 0.15) is 64.2 Å². The molecule has 0 bridgehead atoms. The van der Waals surface area contributed by atoms with Crippen molar-refractivity contribution in [3.05, 3.63) is 0 Å². The van der Waals surface area contributed by atoms with Crippen LogP contribution in [0, 0.1) is 11.3 Å². The lowest BCUT2D eigenvalue weighted by atomic mass is 9.69. The van der Waals surface area contributed by atoms with E-state index in [0.29, 0.717) is 11.3 Å². The Morgan fingerprint density at radius 3 is 2.62 bits per heavy atom. The summed E-state index contributed by atoms with van der Waals surface area (Å²) in [7, 11) is 0. The second-order valence-electron chi connectivity index (χ2n) is 7.38. The van der Waals surface area contributed by atoms with Gasteiger partial charge in [0, 0.05) is 19.5 Å². The second kappa shape index (κ2) is 7.82. The molecule has 1 aliphatic carbocycles. The quantitative estimate of drug-likeness (QED) is 0.866. The summed E-state index contributed by atoms with van der Waals surface area (Å²) >= 11 is 0. The van der Waals surface area contributed by atoms with Crippen LogP contribution in [0.25, 0.3) is 0 Å². The van der Waals surface area contributed by atoms with Crippen molar-refractivity contribution in [2.45, 2.75) is 64.2 Å². The molecule has 122 valence electrons. The van der Waals surface area contributed by atoms with Crippen molar-refractivity contribution < 1.29 is 4.79 Å². The van der Waals surface area contributed by atoms with Crippen LogP contribution < -0.4 is 5.32 Å². The van der Waals surface area contributed by atoms with Crippen molar-refractivity contribution >= 4 is 18.3 Å². The fourth-order valence-electron chi connectivity index (χ4n) is 4.58. The summed E-state index contributed by atoms with van der Waals surface area (Å²) < 4.78 is 0. The highest BCUT2D eigenvalue weighted by Gasteiger charge is 2.37. The van der Waals surface area contributed by atoms with Gasteiger partial charge in [0.05, 0.1) is 0 Å². The molecule has 0 radical (unpaired) electrons. The molecule has 0 aromatic rings. The predicted octanol–water partition coefficient (Wildman–Crippen LogP) is 3.37. The molecule has 2 aliphatic heterocycles. The first-order valence-electron chi connectivity index (χ1n) is 8.76. The molecule has 1 spiro atoms. The third-order valence-corrected chi connectivity index (χ3v) is 5.86. The topological polar surface area (TPSA) is 32.3 Å². The minimum atomic E-state index is 0. The average Bonchev–Trinajstić information content (AvgIpc) is 2.99. The fourth-order valence-corrected chi connectivity index (χ4v) is 4.58. The third-order valence-electron chi connectivity index (χ3n) is 5.86. The molecular formula is C17H31ClN2O. The van der Waals surface area contributed by atoms with Gasteiger partial charge in [0.1, 0.15) is 0 Å². The van der Waals surface area contributed by atoms with E-state index in [9.17, 15) is 4.79 Å². The number of nitrogens with zero attached hydrogens (tertiary/aromatic N) is 1. The van der Waals surface area contributed by atoms with E-state index in [-0.39, 0.29) is 12.4 Å². The molecule has 1 amide bonds. The van der Waals surface area contributed by atoms with Gasteiger partial charge in [-0.2, -0.15) is 0 Å². The van der Waals surface area contributed by atoms with Gasteiger partial charge in [0.25, 0.3) is 0 Å². The molecule has 3 aliphatic rings. The van der Waals surface area contributed by atoms with Crippen molar-refractivity contribution in [1.82, 2.24) is 10.2 Å². The molecule has 2 saturated heterocycles. The Bertz CT molecular complexity index is 330. The van der Waals surface area contributed by atoms with Crippen molar-refractivity contribution in [3.63, 3.8) is 0 Å². The van der Waals surface area contributed by atoms with Gasteiger partial charge in [-0.15, -0.1) is 12.4 Å². The van der Waals surface area contributed by atoms with E-state index in [2.05, 4.69) is 10.2 Å². The zero-order chi connectivity index (χ0) is 13.8. The molecule has 1 saturated carbocycles. The number of likely N-dealkylation sites (tertiary alicyclic amines) is 1. The minimum Gasteiger partial charge on any atom is -0.342 e. The Labute approximate surface area is 135 Å². The number of piperidine rings is 1. The lowest BCUT2D eigenvalue weighted by molar-refractivity contribution is -0.135.